The van der Waals surface area contributed by atoms with Gasteiger partial charge in [0.25, 0.3) is 0 Å². The molecular weight excluding hydrogens is 333 g/mol. The standard InChI is InChI=1S/C17H18ClN3O.ClH/c18-14-3-7-16(8-4-14)21-17(22)20-15-5-1-12(2-6-15)13-9-10-19-11-13;/h1-8,13,19H,9-11H2,(H2,20,21,22);1H. The zero-order chi connectivity index (χ0) is 15.4. The summed E-state index contributed by atoms with van der Waals surface area (Å²) in [6.45, 7) is 2.11. The summed E-state index contributed by atoms with van der Waals surface area (Å²) in [5, 5.41) is 9.59. The molecule has 1 unspecified atom stereocenters. The van der Waals surface area contributed by atoms with Crippen molar-refractivity contribution < 1.29 is 4.79 Å². The highest BCUT2D eigenvalue weighted by Gasteiger charge is 2.16. The third-order valence-electron chi connectivity index (χ3n) is 3.80. The zero-order valence-electron chi connectivity index (χ0n) is 12.5. The van der Waals surface area contributed by atoms with Gasteiger partial charge in [-0.05, 0) is 60.8 Å². The van der Waals surface area contributed by atoms with Crippen LogP contribution in [0.1, 0.15) is 17.9 Å². The third kappa shape index (κ3) is 4.86. The molecule has 2 aromatic rings. The Morgan fingerprint density at radius 2 is 1.57 bits per heavy atom. The fraction of sp³-hybridized carbons (Fsp3) is 0.235. The minimum absolute atomic E-state index is 0. The molecule has 6 heteroatoms. The van der Waals surface area contributed by atoms with Crippen molar-refractivity contribution in [3.8, 4) is 0 Å². The average Bonchev–Trinajstić information content (AvgIpc) is 3.05. The molecular formula is C17H19Cl2N3O. The molecule has 1 aliphatic heterocycles. The maximum atomic E-state index is 11.9. The highest BCUT2D eigenvalue weighted by Crippen LogP contribution is 2.23. The first kappa shape index (κ1) is 17.6. The lowest BCUT2D eigenvalue weighted by Gasteiger charge is -2.11. The van der Waals surface area contributed by atoms with Crippen molar-refractivity contribution in [1.29, 1.82) is 0 Å². The summed E-state index contributed by atoms with van der Waals surface area (Å²) >= 11 is 5.81. The van der Waals surface area contributed by atoms with Gasteiger partial charge in [-0.15, -0.1) is 12.4 Å². The number of urea groups is 1. The van der Waals surface area contributed by atoms with Crippen LogP contribution >= 0.6 is 24.0 Å². The van der Waals surface area contributed by atoms with E-state index < -0.39 is 0 Å². The van der Waals surface area contributed by atoms with Gasteiger partial charge in [0, 0.05) is 22.9 Å². The summed E-state index contributed by atoms with van der Waals surface area (Å²) in [6, 6.07) is 14.8. The van der Waals surface area contributed by atoms with Gasteiger partial charge in [0.05, 0.1) is 0 Å². The lowest BCUT2D eigenvalue weighted by atomic mass is 9.98. The monoisotopic (exact) mass is 351 g/mol. The Balaban J connectivity index is 0.00000192. The molecule has 23 heavy (non-hydrogen) atoms. The van der Waals surface area contributed by atoms with Crippen LogP contribution in [0.15, 0.2) is 48.5 Å². The number of anilines is 2. The van der Waals surface area contributed by atoms with Crippen LogP contribution < -0.4 is 16.0 Å². The van der Waals surface area contributed by atoms with Crippen molar-refractivity contribution in [3.05, 3.63) is 59.1 Å². The normalized spacial score (nSPS) is 16.5. The molecule has 0 aliphatic carbocycles. The van der Waals surface area contributed by atoms with Gasteiger partial charge in [-0.1, -0.05) is 23.7 Å². The average molecular weight is 352 g/mol. The largest absolute Gasteiger partial charge is 0.323 e. The van der Waals surface area contributed by atoms with Crippen LogP contribution in [-0.2, 0) is 0 Å². The molecule has 0 bridgehead atoms. The molecule has 1 aliphatic rings. The molecule has 2 aromatic carbocycles. The van der Waals surface area contributed by atoms with Gasteiger partial charge < -0.3 is 16.0 Å². The summed E-state index contributed by atoms with van der Waals surface area (Å²) in [5.74, 6) is 0.581. The summed E-state index contributed by atoms with van der Waals surface area (Å²) < 4.78 is 0. The Hall–Kier alpha value is -1.75. The van der Waals surface area contributed by atoms with Crippen LogP contribution in [0.3, 0.4) is 0 Å². The molecule has 0 radical (unpaired) electrons. The van der Waals surface area contributed by atoms with E-state index >= 15 is 0 Å². The third-order valence-corrected chi connectivity index (χ3v) is 4.05. The molecule has 1 atom stereocenters. The van der Waals surface area contributed by atoms with E-state index in [0.29, 0.717) is 16.6 Å². The number of nitrogens with one attached hydrogen (secondary N) is 3. The van der Waals surface area contributed by atoms with E-state index in [1.54, 1.807) is 24.3 Å². The van der Waals surface area contributed by atoms with E-state index in [0.717, 1.165) is 18.8 Å². The van der Waals surface area contributed by atoms with Gasteiger partial charge in [-0.2, -0.15) is 0 Å². The first-order valence-corrected chi connectivity index (χ1v) is 7.73. The van der Waals surface area contributed by atoms with E-state index in [1.807, 2.05) is 12.1 Å². The molecule has 4 nitrogen and oxygen atoms in total. The van der Waals surface area contributed by atoms with E-state index in [2.05, 4.69) is 28.1 Å². The van der Waals surface area contributed by atoms with Gasteiger partial charge in [0.15, 0.2) is 0 Å². The van der Waals surface area contributed by atoms with Crippen LogP contribution in [0.25, 0.3) is 0 Å². The molecule has 3 N–H and O–H groups in total. The Kier molecular flexibility index (Phi) is 6.28. The number of amides is 2. The smallest absolute Gasteiger partial charge is 0.316 e. The molecule has 0 saturated carbocycles. The maximum absolute atomic E-state index is 11.9. The lowest BCUT2D eigenvalue weighted by molar-refractivity contribution is 0.262. The zero-order valence-corrected chi connectivity index (χ0v) is 14.1. The quantitative estimate of drug-likeness (QED) is 0.763. The second-order valence-electron chi connectivity index (χ2n) is 5.40. The Labute approximate surface area is 147 Å². The number of hydrogen-bond acceptors (Lipinski definition) is 2. The number of carbonyl (C=O) groups excluding carboxylic acids is 1. The van der Waals surface area contributed by atoms with Crippen LogP contribution in [0, 0.1) is 0 Å². The minimum atomic E-state index is -0.266. The fourth-order valence-corrected chi connectivity index (χ4v) is 2.73. The topological polar surface area (TPSA) is 53.2 Å². The Morgan fingerprint density at radius 1 is 1.00 bits per heavy atom. The number of rotatable bonds is 3. The van der Waals surface area contributed by atoms with Crippen LogP contribution in [0.4, 0.5) is 16.2 Å². The first-order chi connectivity index (χ1) is 10.7. The highest BCUT2D eigenvalue weighted by molar-refractivity contribution is 6.30. The van der Waals surface area contributed by atoms with Crippen molar-refractivity contribution in [2.24, 2.45) is 0 Å². The van der Waals surface area contributed by atoms with E-state index in [-0.39, 0.29) is 18.4 Å². The summed E-state index contributed by atoms with van der Waals surface area (Å²) in [5.41, 5.74) is 2.80. The fourth-order valence-electron chi connectivity index (χ4n) is 2.60. The Morgan fingerprint density at radius 3 is 2.09 bits per heavy atom. The van der Waals surface area contributed by atoms with Crippen molar-refractivity contribution in [2.75, 3.05) is 23.7 Å². The second kappa shape index (κ2) is 8.20. The minimum Gasteiger partial charge on any atom is -0.316 e. The predicted molar refractivity (Wildman–Crippen MR) is 98.0 cm³/mol. The molecule has 122 valence electrons. The summed E-state index contributed by atoms with van der Waals surface area (Å²) in [6.07, 6.45) is 1.17. The highest BCUT2D eigenvalue weighted by atomic mass is 35.5. The van der Waals surface area contributed by atoms with Gasteiger partial charge in [-0.25, -0.2) is 4.79 Å². The lowest BCUT2D eigenvalue weighted by Crippen LogP contribution is -2.19. The van der Waals surface area contributed by atoms with E-state index in [9.17, 15) is 4.79 Å². The van der Waals surface area contributed by atoms with E-state index in [4.69, 9.17) is 11.6 Å². The van der Waals surface area contributed by atoms with Crippen molar-refractivity contribution in [3.63, 3.8) is 0 Å². The summed E-state index contributed by atoms with van der Waals surface area (Å²) in [7, 11) is 0. The van der Waals surface area contributed by atoms with Crippen LogP contribution in [0.2, 0.25) is 5.02 Å². The molecule has 0 aromatic heterocycles. The SMILES string of the molecule is Cl.O=C(Nc1ccc(Cl)cc1)Nc1ccc(C2CCNC2)cc1. The molecule has 0 spiro atoms. The van der Waals surface area contributed by atoms with Crippen molar-refractivity contribution in [1.82, 2.24) is 5.32 Å². The van der Waals surface area contributed by atoms with Gasteiger partial charge in [0.1, 0.15) is 0 Å². The number of hydrogen-bond donors (Lipinski definition) is 3. The summed E-state index contributed by atoms with van der Waals surface area (Å²) in [4.78, 5) is 11.9. The van der Waals surface area contributed by atoms with E-state index in [1.165, 1.54) is 12.0 Å². The predicted octanol–water partition coefficient (Wildman–Crippen LogP) is 4.48. The van der Waals surface area contributed by atoms with Gasteiger partial charge >= 0.3 is 6.03 Å². The molecule has 1 heterocycles. The van der Waals surface area contributed by atoms with Crippen molar-refractivity contribution >= 4 is 41.4 Å². The molecule has 3 rings (SSSR count). The van der Waals surface area contributed by atoms with Crippen LogP contribution in [0.5, 0.6) is 0 Å². The molecule has 2 amide bonds. The van der Waals surface area contributed by atoms with Gasteiger partial charge in [0.2, 0.25) is 0 Å². The van der Waals surface area contributed by atoms with Crippen LogP contribution in [-0.4, -0.2) is 19.1 Å². The second-order valence-corrected chi connectivity index (χ2v) is 5.83. The van der Waals surface area contributed by atoms with Gasteiger partial charge in [-0.3, -0.25) is 0 Å². The molecule has 1 fully saturated rings. The van der Waals surface area contributed by atoms with Crippen molar-refractivity contribution in [2.45, 2.75) is 12.3 Å². The number of benzene rings is 2. The maximum Gasteiger partial charge on any atom is 0.323 e. The number of halogens is 2. The molecule has 1 saturated heterocycles. The Bertz CT molecular complexity index is 638. The first-order valence-electron chi connectivity index (χ1n) is 7.35. The number of carbonyl (C=O) groups is 1.